The second-order valence-electron chi connectivity index (χ2n) is 3.48. The zero-order chi connectivity index (χ0) is 11.3. The number of hydrogen-bond donors (Lipinski definition) is 0. The van der Waals surface area contributed by atoms with Gasteiger partial charge in [-0.25, -0.2) is 0 Å². The largest absolute Gasteiger partial charge is 0.494 e. The van der Waals surface area contributed by atoms with E-state index < -0.39 is 6.67 Å². The molecule has 0 saturated heterocycles. The van der Waals surface area contributed by atoms with Crippen molar-refractivity contribution in [2.45, 2.75) is 27.2 Å². The molecule has 2 heteroatoms. The van der Waals surface area contributed by atoms with Gasteiger partial charge in [-0.15, -0.1) is 0 Å². The van der Waals surface area contributed by atoms with E-state index in [0.29, 0.717) is 6.61 Å². The van der Waals surface area contributed by atoms with Crippen LogP contribution in [0.3, 0.4) is 0 Å². The smallest absolute Gasteiger partial charge is 0.122 e. The van der Waals surface area contributed by atoms with E-state index in [1.54, 1.807) is 0 Å². The van der Waals surface area contributed by atoms with E-state index in [-0.39, 0.29) is 0 Å². The van der Waals surface area contributed by atoms with Crippen molar-refractivity contribution in [2.24, 2.45) is 0 Å². The van der Waals surface area contributed by atoms with Crippen LogP contribution in [0.4, 0.5) is 4.39 Å². The first-order chi connectivity index (χ1) is 7.24. The Morgan fingerprint density at radius 3 is 2.60 bits per heavy atom. The molecule has 0 unspecified atom stereocenters. The van der Waals surface area contributed by atoms with Gasteiger partial charge in [0.25, 0.3) is 0 Å². The summed E-state index contributed by atoms with van der Waals surface area (Å²) in [5.74, 6) is 1.65. The number of hydrogen-bond acceptors (Lipinski definition) is 1. The fourth-order valence-electron chi connectivity index (χ4n) is 1.69. The van der Waals surface area contributed by atoms with Crippen molar-refractivity contribution in [3.05, 3.63) is 35.2 Å². The molecular weight excluding hydrogens is 191 g/mol. The molecule has 0 N–H and O–H groups in total. The Hall–Kier alpha value is -1.05. The molecule has 0 aliphatic carbocycles. The number of benzene rings is 1. The lowest BCUT2D eigenvalue weighted by molar-refractivity contribution is 0.336. The highest BCUT2D eigenvalue weighted by Gasteiger charge is 2.13. The van der Waals surface area contributed by atoms with Gasteiger partial charge in [-0.1, -0.05) is 26.0 Å². The average molecular weight is 209 g/mol. The Kier molecular flexibility index (Phi) is 4.60. The van der Waals surface area contributed by atoms with Crippen molar-refractivity contribution >= 4 is 0 Å². The Morgan fingerprint density at radius 2 is 2.07 bits per heavy atom. The van der Waals surface area contributed by atoms with E-state index in [2.05, 4.69) is 6.92 Å². The van der Waals surface area contributed by atoms with Crippen LogP contribution >= 0.6 is 0 Å². The van der Waals surface area contributed by atoms with Crippen LogP contribution in [0.25, 0.3) is 0 Å². The molecule has 0 atom stereocenters. The molecule has 0 aromatic heterocycles. The lowest BCUT2D eigenvalue weighted by Crippen LogP contribution is -2.04. The SMILES string of the molecule is CCOc1cccc([C](C)CF)c1CC. The molecule has 0 bridgehead atoms. The lowest BCUT2D eigenvalue weighted by Gasteiger charge is -2.16. The highest BCUT2D eigenvalue weighted by atomic mass is 19.1. The van der Waals surface area contributed by atoms with Crippen LogP contribution in [-0.4, -0.2) is 13.3 Å². The van der Waals surface area contributed by atoms with Crippen molar-refractivity contribution in [1.29, 1.82) is 0 Å². The van der Waals surface area contributed by atoms with E-state index in [9.17, 15) is 4.39 Å². The first kappa shape index (κ1) is 12.0. The molecule has 0 heterocycles. The Bertz CT molecular complexity index is 309. The van der Waals surface area contributed by atoms with Crippen LogP contribution in [0.2, 0.25) is 0 Å². The average Bonchev–Trinajstić information content (AvgIpc) is 2.28. The summed E-state index contributed by atoms with van der Waals surface area (Å²) < 4.78 is 18.2. The normalized spacial score (nSPS) is 10.7. The summed E-state index contributed by atoms with van der Waals surface area (Å²) in [6, 6.07) is 5.81. The molecule has 0 saturated carbocycles. The molecule has 1 aromatic rings. The number of rotatable bonds is 5. The van der Waals surface area contributed by atoms with E-state index in [4.69, 9.17) is 4.74 Å². The van der Waals surface area contributed by atoms with Crippen molar-refractivity contribution in [2.75, 3.05) is 13.3 Å². The highest BCUT2D eigenvalue weighted by Crippen LogP contribution is 2.28. The molecule has 0 aliphatic heterocycles. The number of ether oxygens (including phenoxy) is 1. The summed E-state index contributed by atoms with van der Waals surface area (Å²) in [6.45, 7) is 6.09. The van der Waals surface area contributed by atoms with Gasteiger partial charge >= 0.3 is 0 Å². The van der Waals surface area contributed by atoms with E-state index >= 15 is 0 Å². The summed E-state index contributed by atoms with van der Waals surface area (Å²) in [7, 11) is 0. The third kappa shape index (κ3) is 2.71. The Balaban J connectivity index is 3.09. The van der Waals surface area contributed by atoms with Crippen LogP contribution < -0.4 is 4.74 Å². The molecule has 0 spiro atoms. The minimum atomic E-state index is -0.400. The molecule has 15 heavy (non-hydrogen) atoms. The summed E-state index contributed by atoms with van der Waals surface area (Å²) in [4.78, 5) is 0. The van der Waals surface area contributed by atoms with Gasteiger partial charge in [-0.2, -0.15) is 0 Å². The van der Waals surface area contributed by atoms with Gasteiger partial charge in [0.2, 0.25) is 0 Å². The van der Waals surface area contributed by atoms with Crippen LogP contribution in [0.15, 0.2) is 18.2 Å². The predicted molar refractivity (Wildman–Crippen MR) is 61.0 cm³/mol. The van der Waals surface area contributed by atoms with Crippen LogP contribution in [0, 0.1) is 5.92 Å². The fraction of sp³-hybridized carbons (Fsp3) is 0.462. The molecule has 1 aromatic carbocycles. The molecule has 0 aliphatic rings. The van der Waals surface area contributed by atoms with Gasteiger partial charge < -0.3 is 4.74 Å². The van der Waals surface area contributed by atoms with E-state index in [1.165, 1.54) is 0 Å². The van der Waals surface area contributed by atoms with Crippen molar-refractivity contribution in [1.82, 2.24) is 0 Å². The lowest BCUT2D eigenvalue weighted by atomic mass is 9.94. The van der Waals surface area contributed by atoms with Gasteiger partial charge in [-0.05, 0) is 30.5 Å². The monoisotopic (exact) mass is 209 g/mol. The van der Waals surface area contributed by atoms with Crippen LogP contribution in [0.5, 0.6) is 5.75 Å². The molecule has 83 valence electrons. The molecule has 1 radical (unpaired) electrons. The minimum absolute atomic E-state index is 0.400. The number of alkyl halides is 1. The van der Waals surface area contributed by atoms with Gasteiger partial charge in [0, 0.05) is 5.92 Å². The zero-order valence-electron chi connectivity index (χ0n) is 9.64. The quantitative estimate of drug-likeness (QED) is 0.720. The molecule has 0 fully saturated rings. The molecule has 1 nitrogen and oxygen atoms in total. The summed E-state index contributed by atoms with van der Waals surface area (Å²) in [5.41, 5.74) is 2.10. The van der Waals surface area contributed by atoms with Crippen LogP contribution in [0.1, 0.15) is 31.9 Å². The second-order valence-corrected chi connectivity index (χ2v) is 3.48. The molecule has 1 rings (SSSR count). The van der Waals surface area contributed by atoms with Gasteiger partial charge in [-0.3, -0.25) is 4.39 Å². The summed E-state index contributed by atoms with van der Waals surface area (Å²) in [5, 5.41) is 0. The maximum Gasteiger partial charge on any atom is 0.122 e. The van der Waals surface area contributed by atoms with E-state index in [1.807, 2.05) is 32.0 Å². The summed E-state index contributed by atoms with van der Waals surface area (Å²) >= 11 is 0. The Labute approximate surface area is 91.3 Å². The van der Waals surface area contributed by atoms with Gasteiger partial charge in [0.1, 0.15) is 5.75 Å². The van der Waals surface area contributed by atoms with Crippen LogP contribution in [-0.2, 0) is 6.42 Å². The first-order valence-electron chi connectivity index (χ1n) is 5.38. The van der Waals surface area contributed by atoms with Crippen molar-refractivity contribution < 1.29 is 9.13 Å². The zero-order valence-corrected chi connectivity index (χ0v) is 9.64. The number of halogens is 1. The third-order valence-corrected chi connectivity index (χ3v) is 2.45. The fourth-order valence-corrected chi connectivity index (χ4v) is 1.69. The first-order valence-corrected chi connectivity index (χ1v) is 5.38. The highest BCUT2D eigenvalue weighted by molar-refractivity contribution is 5.46. The van der Waals surface area contributed by atoms with Gasteiger partial charge in [0.15, 0.2) is 0 Å². The maximum absolute atomic E-state index is 12.6. The topological polar surface area (TPSA) is 9.23 Å². The molecular formula is C13H18FO. The standard InChI is InChI=1S/C13H18FO/c1-4-11-12(10(3)9-14)7-6-8-13(11)15-5-2/h6-8H,4-5,9H2,1-3H3. The van der Waals surface area contributed by atoms with Crippen molar-refractivity contribution in [3.63, 3.8) is 0 Å². The maximum atomic E-state index is 12.6. The van der Waals surface area contributed by atoms with Gasteiger partial charge in [0.05, 0.1) is 13.3 Å². The van der Waals surface area contributed by atoms with Crippen molar-refractivity contribution in [3.8, 4) is 5.75 Å². The Morgan fingerprint density at radius 1 is 1.33 bits per heavy atom. The van der Waals surface area contributed by atoms with E-state index in [0.717, 1.165) is 29.2 Å². The molecule has 0 amide bonds. The minimum Gasteiger partial charge on any atom is -0.494 e. The summed E-state index contributed by atoms with van der Waals surface area (Å²) in [6.07, 6.45) is 0.864. The second kappa shape index (κ2) is 5.74. The third-order valence-electron chi connectivity index (χ3n) is 2.45. The predicted octanol–water partition coefficient (Wildman–Crippen LogP) is 3.56.